The molecule has 0 aliphatic heterocycles. The summed E-state index contributed by atoms with van der Waals surface area (Å²) in [7, 11) is 3.82. The second-order valence-corrected chi connectivity index (χ2v) is 16.2. The number of hydrogen-bond donors (Lipinski definition) is 1. The van der Waals surface area contributed by atoms with Crippen LogP contribution in [0.3, 0.4) is 0 Å². The van der Waals surface area contributed by atoms with Gasteiger partial charge in [-0.15, -0.1) is 0 Å². The standard InChI is InChI=1S/C26H45NO8Si/c1-16-20(31-9)17(14-19(23(28)29)27(8)24(30)35-25(2,3)4)18(22(33-11)21(16)32-10)15-34-36(12,13)26(5,6)7/h19H,14-15H2,1-13H3,(H,28,29)/t19-/m0/s1. The Morgan fingerprint density at radius 2 is 1.42 bits per heavy atom. The minimum atomic E-state index is -2.18. The molecule has 0 unspecified atom stereocenters. The number of ether oxygens (including phenoxy) is 4. The SMILES string of the molecule is COc1c(C)c(OC)c(OC)c(CO[Si](C)(C)C(C)(C)C)c1C[C@@H](C(=O)O)N(C)C(=O)OC(C)(C)C. The first-order valence-corrected chi connectivity index (χ1v) is 14.9. The lowest BCUT2D eigenvalue weighted by Crippen LogP contribution is -2.46. The van der Waals surface area contributed by atoms with Gasteiger partial charge in [0.15, 0.2) is 19.8 Å². The molecule has 0 heterocycles. The number of carbonyl (C=O) groups excluding carboxylic acids is 1. The van der Waals surface area contributed by atoms with Gasteiger partial charge in [0.25, 0.3) is 0 Å². The van der Waals surface area contributed by atoms with Crippen LogP contribution in [0.4, 0.5) is 4.79 Å². The molecule has 1 aromatic carbocycles. The molecule has 1 amide bonds. The third kappa shape index (κ3) is 7.28. The van der Waals surface area contributed by atoms with Gasteiger partial charge in [-0.25, -0.2) is 9.59 Å². The average molecular weight is 528 g/mol. The number of nitrogens with zero attached hydrogens (tertiary/aromatic N) is 1. The van der Waals surface area contributed by atoms with Crippen LogP contribution in [0.15, 0.2) is 0 Å². The second-order valence-electron chi connectivity index (χ2n) is 11.4. The highest BCUT2D eigenvalue weighted by molar-refractivity contribution is 6.74. The number of carbonyl (C=O) groups is 2. The molecule has 206 valence electrons. The lowest BCUT2D eigenvalue weighted by molar-refractivity contribution is -0.142. The van der Waals surface area contributed by atoms with Crippen molar-refractivity contribution in [1.29, 1.82) is 0 Å². The predicted octanol–water partition coefficient (Wildman–Crippen LogP) is 5.41. The zero-order valence-electron chi connectivity index (χ0n) is 24.2. The largest absolute Gasteiger partial charge is 0.496 e. The monoisotopic (exact) mass is 527 g/mol. The molecule has 36 heavy (non-hydrogen) atoms. The van der Waals surface area contributed by atoms with Crippen LogP contribution in [0.5, 0.6) is 17.2 Å². The topological polar surface area (TPSA) is 104 Å². The van der Waals surface area contributed by atoms with Crippen molar-refractivity contribution in [2.75, 3.05) is 28.4 Å². The Morgan fingerprint density at radius 1 is 0.917 bits per heavy atom. The molecule has 1 N–H and O–H groups in total. The molecule has 1 rings (SSSR count). The van der Waals surface area contributed by atoms with E-state index in [1.165, 1.54) is 21.3 Å². The zero-order valence-corrected chi connectivity index (χ0v) is 25.2. The molecule has 0 aliphatic rings. The Labute approximate surface area is 217 Å². The first-order valence-electron chi connectivity index (χ1n) is 12.0. The van der Waals surface area contributed by atoms with Crippen LogP contribution in [0.1, 0.15) is 58.2 Å². The summed E-state index contributed by atoms with van der Waals surface area (Å²) >= 11 is 0. The van der Waals surface area contributed by atoms with Crippen molar-refractivity contribution in [2.24, 2.45) is 0 Å². The van der Waals surface area contributed by atoms with Gasteiger partial charge in [0, 0.05) is 30.2 Å². The predicted molar refractivity (Wildman–Crippen MR) is 142 cm³/mol. The molecule has 0 spiro atoms. The Bertz CT molecular complexity index is 947. The van der Waals surface area contributed by atoms with E-state index < -0.39 is 32.0 Å². The molecule has 0 radical (unpaired) electrons. The molecular formula is C26H45NO8Si. The number of rotatable bonds is 10. The third-order valence-electron chi connectivity index (χ3n) is 6.63. The van der Waals surface area contributed by atoms with Gasteiger partial charge in [-0.2, -0.15) is 0 Å². The van der Waals surface area contributed by atoms with Crippen LogP contribution in [0, 0.1) is 6.92 Å². The van der Waals surface area contributed by atoms with Crippen LogP contribution in [0.25, 0.3) is 0 Å². The lowest BCUT2D eigenvalue weighted by atomic mass is 9.94. The van der Waals surface area contributed by atoms with Crippen molar-refractivity contribution < 1.29 is 38.1 Å². The van der Waals surface area contributed by atoms with E-state index >= 15 is 0 Å². The quantitative estimate of drug-likeness (QED) is 0.403. The smallest absolute Gasteiger partial charge is 0.410 e. The number of aliphatic carboxylic acids is 1. The van der Waals surface area contributed by atoms with Crippen molar-refractivity contribution in [3.8, 4) is 17.2 Å². The first-order chi connectivity index (χ1) is 16.3. The van der Waals surface area contributed by atoms with Gasteiger partial charge in [-0.1, -0.05) is 20.8 Å². The number of carboxylic acids is 1. The van der Waals surface area contributed by atoms with Crippen molar-refractivity contribution in [3.05, 3.63) is 16.7 Å². The maximum absolute atomic E-state index is 12.7. The highest BCUT2D eigenvalue weighted by atomic mass is 28.4. The minimum absolute atomic E-state index is 0.0419. The van der Waals surface area contributed by atoms with E-state index in [4.69, 9.17) is 23.4 Å². The molecule has 0 saturated heterocycles. The molecule has 1 aromatic rings. The average Bonchev–Trinajstić information content (AvgIpc) is 2.73. The van der Waals surface area contributed by atoms with Gasteiger partial charge in [0.05, 0.1) is 27.9 Å². The number of carboxylic acid groups (broad SMARTS) is 1. The van der Waals surface area contributed by atoms with E-state index in [1.807, 2.05) is 6.92 Å². The van der Waals surface area contributed by atoms with E-state index in [9.17, 15) is 14.7 Å². The lowest BCUT2D eigenvalue weighted by Gasteiger charge is -2.37. The molecule has 0 saturated carbocycles. The van der Waals surface area contributed by atoms with E-state index in [1.54, 1.807) is 27.9 Å². The molecule has 0 bridgehead atoms. The zero-order chi connectivity index (χ0) is 28.2. The van der Waals surface area contributed by atoms with Crippen molar-refractivity contribution in [3.63, 3.8) is 0 Å². The fourth-order valence-electron chi connectivity index (χ4n) is 3.53. The Kier molecular flexibility index (Phi) is 10.3. The summed E-state index contributed by atoms with van der Waals surface area (Å²) in [5.74, 6) is 0.229. The van der Waals surface area contributed by atoms with Crippen LogP contribution in [-0.4, -0.2) is 70.4 Å². The maximum Gasteiger partial charge on any atom is 0.410 e. The molecule has 0 aliphatic carbocycles. The van der Waals surface area contributed by atoms with Gasteiger partial charge in [-0.3, -0.25) is 4.90 Å². The fourth-order valence-corrected chi connectivity index (χ4v) is 4.47. The highest BCUT2D eigenvalue weighted by Crippen LogP contribution is 2.46. The summed E-state index contributed by atoms with van der Waals surface area (Å²) in [6.07, 6.45) is -0.781. The first kappa shape index (κ1) is 31.6. The van der Waals surface area contributed by atoms with Crippen LogP contribution >= 0.6 is 0 Å². The van der Waals surface area contributed by atoms with Gasteiger partial charge < -0.3 is 28.5 Å². The highest BCUT2D eigenvalue weighted by Gasteiger charge is 2.39. The normalized spacial score (nSPS) is 13.1. The van der Waals surface area contributed by atoms with Crippen molar-refractivity contribution >= 4 is 20.4 Å². The molecule has 0 fully saturated rings. The maximum atomic E-state index is 12.7. The number of amides is 1. The molecule has 10 heteroatoms. The van der Waals surface area contributed by atoms with Gasteiger partial charge in [-0.05, 0) is 45.8 Å². The summed E-state index contributed by atoms with van der Waals surface area (Å²) in [5, 5.41) is 10.1. The number of hydrogen-bond acceptors (Lipinski definition) is 7. The third-order valence-corrected chi connectivity index (χ3v) is 11.1. The van der Waals surface area contributed by atoms with Gasteiger partial charge >= 0.3 is 12.1 Å². The molecule has 0 aromatic heterocycles. The van der Waals surface area contributed by atoms with E-state index in [0.717, 1.165) is 4.90 Å². The molecule has 9 nitrogen and oxygen atoms in total. The Hall–Kier alpha value is -2.46. The second kappa shape index (κ2) is 11.7. The van der Waals surface area contributed by atoms with E-state index in [2.05, 4.69) is 33.9 Å². The van der Waals surface area contributed by atoms with Crippen molar-refractivity contribution in [2.45, 2.75) is 91.3 Å². The number of likely N-dealkylation sites (N-methyl/N-ethyl adjacent to an activating group) is 1. The summed E-state index contributed by atoms with van der Waals surface area (Å²) in [6, 6.07) is -1.22. The van der Waals surface area contributed by atoms with E-state index in [-0.39, 0.29) is 18.1 Å². The number of benzene rings is 1. The van der Waals surface area contributed by atoms with Crippen LogP contribution < -0.4 is 14.2 Å². The summed E-state index contributed by atoms with van der Waals surface area (Å²) in [4.78, 5) is 26.2. The minimum Gasteiger partial charge on any atom is -0.496 e. The van der Waals surface area contributed by atoms with Crippen LogP contribution in [-0.2, 0) is 27.0 Å². The summed E-state index contributed by atoms with van der Waals surface area (Å²) in [5.41, 5.74) is 1.10. The summed E-state index contributed by atoms with van der Waals surface area (Å²) < 4.78 is 29.1. The number of methoxy groups -OCH3 is 3. The van der Waals surface area contributed by atoms with Gasteiger partial charge in [0.2, 0.25) is 0 Å². The molecular weight excluding hydrogens is 482 g/mol. The Balaban J connectivity index is 3.73. The van der Waals surface area contributed by atoms with Gasteiger partial charge in [0.1, 0.15) is 17.4 Å². The van der Waals surface area contributed by atoms with Crippen LogP contribution in [0.2, 0.25) is 18.1 Å². The van der Waals surface area contributed by atoms with Crippen molar-refractivity contribution in [1.82, 2.24) is 4.90 Å². The Morgan fingerprint density at radius 3 is 1.81 bits per heavy atom. The molecule has 1 atom stereocenters. The fraction of sp³-hybridized carbons (Fsp3) is 0.692. The summed E-state index contributed by atoms with van der Waals surface area (Å²) in [6.45, 7) is 17.9. The van der Waals surface area contributed by atoms with E-state index in [0.29, 0.717) is 33.9 Å².